The quantitative estimate of drug-likeness (QED) is 0.906. The van der Waals surface area contributed by atoms with E-state index in [0.29, 0.717) is 24.2 Å². The van der Waals surface area contributed by atoms with Gasteiger partial charge >= 0.3 is 0 Å². The molecule has 2 heterocycles. The summed E-state index contributed by atoms with van der Waals surface area (Å²) in [4.78, 5) is 8.74. The summed E-state index contributed by atoms with van der Waals surface area (Å²) in [6.45, 7) is 2.75. The summed E-state index contributed by atoms with van der Waals surface area (Å²) < 4.78 is 5.75. The van der Waals surface area contributed by atoms with Crippen LogP contribution in [0.3, 0.4) is 0 Å². The van der Waals surface area contributed by atoms with Gasteiger partial charge in [-0.3, -0.25) is 0 Å². The Morgan fingerprint density at radius 2 is 2.00 bits per heavy atom. The first-order chi connectivity index (χ1) is 9.33. The van der Waals surface area contributed by atoms with Gasteiger partial charge in [0.15, 0.2) is 5.82 Å². The molecule has 108 valence electrons. The normalized spacial score (nSPS) is 18.5. The van der Waals surface area contributed by atoms with Gasteiger partial charge in [-0.15, -0.1) is 12.4 Å². The smallest absolute Gasteiger partial charge is 0.257 e. The van der Waals surface area contributed by atoms with Crippen LogP contribution in [-0.2, 0) is 0 Å². The molecule has 0 radical (unpaired) electrons. The highest BCUT2D eigenvalue weighted by Gasteiger charge is 2.15. The molecule has 0 spiro atoms. The molecule has 2 aromatic rings. The van der Waals surface area contributed by atoms with Crippen molar-refractivity contribution in [3.63, 3.8) is 0 Å². The zero-order valence-corrected chi connectivity index (χ0v) is 12.0. The lowest BCUT2D eigenvalue weighted by Gasteiger charge is -2.22. The van der Waals surface area contributed by atoms with E-state index in [9.17, 15) is 0 Å². The third kappa shape index (κ3) is 3.29. The van der Waals surface area contributed by atoms with Gasteiger partial charge in [0.1, 0.15) is 0 Å². The molecule has 0 saturated carbocycles. The fraction of sp³-hybridized carbons (Fsp3) is 0.429. The van der Waals surface area contributed by atoms with Crippen molar-refractivity contribution in [2.75, 3.05) is 25.4 Å². The molecule has 1 fully saturated rings. The average molecular weight is 295 g/mol. The van der Waals surface area contributed by atoms with Crippen LogP contribution in [0.25, 0.3) is 11.0 Å². The Labute approximate surface area is 124 Å². The highest BCUT2D eigenvalue weighted by Crippen LogP contribution is 2.21. The Kier molecular flexibility index (Phi) is 4.98. The average Bonchev–Trinajstić information content (AvgIpc) is 2.46. The molecule has 1 aromatic carbocycles. The molecule has 3 N–H and O–H groups in total. The van der Waals surface area contributed by atoms with Crippen molar-refractivity contribution in [1.82, 2.24) is 15.3 Å². The van der Waals surface area contributed by atoms with Crippen LogP contribution in [0.5, 0.6) is 5.88 Å². The number of rotatable bonds is 3. The minimum Gasteiger partial charge on any atom is -0.475 e. The molecule has 0 amide bonds. The fourth-order valence-electron chi connectivity index (χ4n) is 2.37. The van der Waals surface area contributed by atoms with Gasteiger partial charge in [-0.1, -0.05) is 12.1 Å². The van der Waals surface area contributed by atoms with E-state index in [-0.39, 0.29) is 12.4 Å². The van der Waals surface area contributed by atoms with Gasteiger partial charge in [0.25, 0.3) is 5.88 Å². The molecular formula is C14H19ClN4O. The lowest BCUT2D eigenvalue weighted by Crippen LogP contribution is -2.33. The molecule has 6 heteroatoms. The predicted molar refractivity (Wildman–Crippen MR) is 82.3 cm³/mol. The minimum absolute atomic E-state index is 0. The number of nitrogen functional groups attached to an aromatic ring is 1. The molecule has 1 aromatic heterocycles. The van der Waals surface area contributed by atoms with Gasteiger partial charge in [0, 0.05) is 12.5 Å². The second-order valence-electron chi connectivity index (χ2n) is 4.93. The molecule has 0 bridgehead atoms. The topological polar surface area (TPSA) is 73.1 Å². The molecule has 20 heavy (non-hydrogen) atoms. The number of fused-ring (bicyclic) bond motifs is 1. The number of hydrogen-bond acceptors (Lipinski definition) is 5. The first kappa shape index (κ1) is 14.8. The van der Waals surface area contributed by atoms with Crippen molar-refractivity contribution in [3.8, 4) is 5.88 Å². The van der Waals surface area contributed by atoms with E-state index in [1.54, 1.807) is 0 Å². The number of aromatic nitrogens is 2. The zero-order valence-electron chi connectivity index (χ0n) is 11.2. The SMILES string of the molecule is Cl.Nc1nc2ccccc2nc1OCC1CCCNC1. The van der Waals surface area contributed by atoms with E-state index in [2.05, 4.69) is 15.3 Å². The summed E-state index contributed by atoms with van der Waals surface area (Å²) in [6, 6.07) is 7.66. The number of nitrogens with two attached hydrogens (primary N) is 1. The zero-order chi connectivity index (χ0) is 13.1. The molecule has 1 atom stereocenters. The number of nitrogens with zero attached hydrogens (tertiary/aromatic N) is 2. The maximum absolute atomic E-state index is 5.89. The van der Waals surface area contributed by atoms with Gasteiger partial charge in [0.05, 0.1) is 17.6 Å². The van der Waals surface area contributed by atoms with Gasteiger partial charge in [-0.05, 0) is 31.5 Å². The van der Waals surface area contributed by atoms with Gasteiger partial charge in [-0.25, -0.2) is 9.97 Å². The summed E-state index contributed by atoms with van der Waals surface area (Å²) in [5.74, 6) is 1.34. The van der Waals surface area contributed by atoms with Crippen molar-refractivity contribution in [2.24, 2.45) is 5.92 Å². The van der Waals surface area contributed by atoms with Gasteiger partial charge < -0.3 is 15.8 Å². The summed E-state index contributed by atoms with van der Waals surface area (Å²) in [5.41, 5.74) is 7.50. The lowest BCUT2D eigenvalue weighted by atomic mass is 10.0. The number of para-hydroxylation sites is 2. The van der Waals surface area contributed by atoms with Gasteiger partial charge in [-0.2, -0.15) is 0 Å². The number of anilines is 1. The predicted octanol–water partition coefficient (Wildman–Crippen LogP) is 2.01. The van der Waals surface area contributed by atoms with E-state index in [1.807, 2.05) is 24.3 Å². The number of halogens is 1. The van der Waals surface area contributed by atoms with Crippen molar-refractivity contribution in [2.45, 2.75) is 12.8 Å². The number of ether oxygens (including phenoxy) is 1. The lowest BCUT2D eigenvalue weighted by molar-refractivity contribution is 0.213. The number of piperidine rings is 1. The summed E-state index contributed by atoms with van der Waals surface area (Å²) in [7, 11) is 0. The molecule has 1 aliphatic rings. The second kappa shape index (κ2) is 6.72. The van der Waals surface area contributed by atoms with Crippen LogP contribution in [0.1, 0.15) is 12.8 Å². The largest absolute Gasteiger partial charge is 0.475 e. The second-order valence-corrected chi connectivity index (χ2v) is 4.93. The van der Waals surface area contributed by atoms with Crippen molar-refractivity contribution < 1.29 is 4.74 Å². The number of benzene rings is 1. The molecule has 3 rings (SSSR count). The van der Waals surface area contributed by atoms with E-state index in [0.717, 1.165) is 24.1 Å². The number of nitrogens with one attached hydrogen (secondary N) is 1. The van der Waals surface area contributed by atoms with Crippen molar-refractivity contribution >= 4 is 29.3 Å². The monoisotopic (exact) mass is 294 g/mol. The van der Waals surface area contributed by atoms with E-state index < -0.39 is 0 Å². The Bertz CT molecular complexity index is 572. The first-order valence-electron chi connectivity index (χ1n) is 6.69. The third-order valence-electron chi connectivity index (χ3n) is 3.42. The van der Waals surface area contributed by atoms with Crippen molar-refractivity contribution in [1.29, 1.82) is 0 Å². The maximum atomic E-state index is 5.89. The molecule has 1 saturated heterocycles. The summed E-state index contributed by atoms with van der Waals surface area (Å²) >= 11 is 0. The first-order valence-corrected chi connectivity index (χ1v) is 6.69. The Morgan fingerprint density at radius 1 is 1.25 bits per heavy atom. The molecular weight excluding hydrogens is 276 g/mol. The Balaban J connectivity index is 0.00000147. The summed E-state index contributed by atoms with van der Waals surface area (Å²) in [6.07, 6.45) is 2.39. The third-order valence-corrected chi connectivity index (χ3v) is 3.42. The van der Waals surface area contributed by atoms with E-state index >= 15 is 0 Å². The standard InChI is InChI=1S/C14H18N4O.ClH/c15-13-14(19-9-10-4-3-7-16-8-10)18-12-6-2-1-5-11(12)17-13;/h1-2,5-6,10,16H,3-4,7-9H2,(H2,15,17);1H. The molecule has 1 unspecified atom stereocenters. The van der Waals surface area contributed by atoms with Crippen LogP contribution in [0, 0.1) is 5.92 Å². The van der Waals surface area contributed by atoms with Crippen LogP contribution in [0.2, 0.25) is 0 Å². The van der Waals surface area contributed by atoms with Crippen LogP contribution in [0.15, 0.2) is 24.3 Å². The Morgan fingerprint density at radius 3 is 2.70 bits per heavy atom. The van der Waals surface area contributed by atoms with Gasteiger partial charge in [0.2, 0.25) is 0 Å². The van der Waals surface area contributed by atoms with Crippen LogP contribution in [-0.4, -0.2) is 29.7 Å². The van der Waals surface area contributed by atoms with E-state index in [1.165, 1.54) is 12.8 Å². The van der Waals surface area contributed by atoms with Crippen LogP contribution in [0.4, 0.5) is 5.82 Å². The molecule has 5 nitrogen and oxygen atoms in total. The maximum Gasteiger partial charge on any atom is 0.257 e. The highest BCUT2D eigenvalue weighted by atomic mass is 35.5. The van der Waals surface area contributed by atoms with E-state index in [4.69, 9.17) is 10.5 Å². The highest BCUT2D eigenvalue weighted by molar-refractivity contribution is 5.85. The van der Waals surface area contributed by atoms with Crippen LogP contribution < -0.4 is 15.8 Å². The fourth-order valence-corrected chi connectivity index (χ4v) is 2.37. The number of hydrogen-bond donors (Lipinski definition) is 2. The van der Waals surface area contributed by atoms with Crippen LogP contribution >= 0.6 is 12.4 Å². The summed E-state index contributed by atoms with van der Waals surface area (Å²) in [5, 5.41) is 3.37. The minimum atomic E-state index is 0. The Hall–Kier alpha value is -1.59. The van der Waals surface area contributed by atoms with Crippen molar-refractivity contribution in [3.05, 3.63) is 24.3 Å². The molecule has 0 aliphatic carbocycles. The molecule has 1 aliphatic heterocycles.